The lowest BCUT2D eigenvalue weighted by atomic mass is 10.0. The van der Waals surface area contributed by atoms with E-state index in [-0.39, 0.29) is 30.5 Å². The monoisotopic (exact) mass is 774 g/mol. The highest BCUT2D eigenvalue weighted by Crippen LogP contribution is 2.22. The van der Waals surface area contributed by atoms with Crippen LogP contribution in [0.3, 0.4) is 0 Å². The molecule has 48 heavy (non-hydrogen) atoms. The van der Waals surface area contributed by atoms with Crippen LogP contribution in [0.15, 0.2) is 48.5 Å². The van der Waals surface area contributed by atoms with Crippen molar-refractivity contribution in [3.63, 3.8) is 0 Å². The van der Waals surface area contributed by atoms with E-state index in [9.17, 15) is 28.8 Å². The molecule has 0 radical (unpaired) electrons. The van der Waals surface area contributed by atoms with Crippen molar-refractivity contribution in [2.24, 2.45) is 0 Å². The molecule has 0 bridgehead atoms. The minimum atomic E-state index is -0.978. The Kier molecular flexibility index (Phi) is 20.2. The van der Waals surface area contributed by atoms with E-state index in [0.29, 0.717) is 16.9 Å². The van der Waals surface area contributed by atoms with Crippen LogP contribution in [-0.2, 0) is 28.7 Å². The van der Waals surface area contributed by atoms with E-state index in [0.717, 1.165) is 29.4 Å². The highest BCUT2D eigenvalue weighted by atomic mass is 33.1. The van der Waals surface area contributed by atoms with Gasteiger partial charge >= 0.3 is 11.9 Å². The topological polar surface area (TPSA) is 169 Å². The van der Waals surface area contributed by atoms with Crippen LogP contribution in [0.1, 0.15) is 34.6 Å². The maximum atomic E-state index is 13.0. The fraction of sp³-hybridized carbons (Fsp3) is 0.400. The number of amides is 2. The van der Waals surface area contributed by atoms with E-state index in [1.54, 1.807) is 62.4 Å². The molecule has 2 aromatic rings. The quantitative estimate of drug-likeness (QED) is 0.0233. The summed E-state index contributed by atoms with van der Waals surface area (Å²) in [6.45, 7) is 3.62. The Morgan fingerprint density at radius 1 is 0.729 bits per heavy atom. The molecule has 4 N–H and O–H groups in total. The van der Waals surface area contributed by atoms with Crippen LogP contribution < -0.4 is 20.1 Å². The second-order valence-electron chi connectivity index (χ2n) is 9.62. The minimum Gasteiger partial charge on any atom is -0.464 e. The molecule has 2 unspecified atom stereocenters. The molecule has 0 aliphatic carbocycles. The molecule has 0 aliphatic heterocycles. The summed E-state index contributed by atoms with van der Waals surface area (Å²) in [7, 11) is 2.43. The number of hydrogen-bond acceptors (Lipinski definition) is 15. The Balaban J connectivity index is 2.04. The Bertz CT molecular complexity index is 1370. The third-order valence-electron chi connectivity index (χ3n) is 6.19. The summed E-state index contributed by atoms with van der Waals surface area (Å²) in [4.78, 5) is 73.4. The van der Waals surface area contributed by atoms with Gasteiger partial charge in [-0.15, -0.1) is 12.6 Å². The zero-order chi connectivity index (χ0) is 35.5. The maximum Gasteiger partial charge on any atom is 0.329 e. The fourth-order valence-corrected chi connectivity index (χ4v) is 7.52. The van der Waals surface area contributed by atoms with Crippen molar-refractivity contribution < 1.29 is 38.2 Å². The van der Waals surface area contributed by atoms with Crippen molar-refractivity contribution in [2.45, 2.75) is 38.0 Å². The van der Waals surface area contributed by atoms with Gasteiger partial charge in [0.2, 0.25) is 5.12 Å². The Hall–Kier alpha value is -2.32. The molecule has 262 valence electrons. The lowest BCUT2D eigenvalue weighted by molar-refractivity contribution is -0.145. The average Bonchev–Trinajstić information content (AvgIpc) is 3.09. The van der Waals surface area contributed by atoms with E-state index in [1.807, 2.05) is 0 Å². The molecule has 0 saturated heterocycles. The van der Waals surface area contributed by atoms with Crippen molar-refractivity contribution in [2.75, 3.05) is 36.2 Å². The second-order valence-corrected chi connectivity index (χ2v) is 13.8. The highest BCUT2D eigenvalue weighted by molar-refractivity contribution is 8.76. The average molecular weight is 775 g/mol. The van der Waals surface area contributed by atoms with Crippen LogP contribution >= 0.6 is 71.6 Å². The van der Waals surface area contributed by atoms with Gasteiger partial charge in [-0.05, 0) is 60.2 Å². The number of hydrogen-bond donors (Lipinski definition) is 7. The number of benzene rings is 2. The van der Waals surface area contributed by atoms with E-state index in [4.69, 9.17) is 9.47 Å². The molecule has 2 amide bonds. The lowest BCUT2D eigenvalue weighted by Crippen LogP contribution is -2.44. The number of thiol groups is 3. The first-order valence-corrected chi connectivity index (χ1v) is 19.6. The number of aldehydes is 1. The molecule has 0 aromatic heterocycles. The van der Waals surface area contributed by atoms with Crippen LogP contribution in [0, 0.1) is 0 Å². The van der Waals surface area contributed by atoms with E-state index in [1.165, 1.54) is 21.8 Å². The van der Waals surface area contributed by atoms with E-state index < -0.39 is 53.0 Å². The van der Waals surface area contributed by atoms with Crippen molar-refractivity contribution in [3.8, 4) is 11.1 Å². The number of carbonyl (C=O) groups is 6. The highest BCUT2D eigenvalue weighted by Gasteiger charge is 2.25. The Labute approximate surface area is 308 Å². The first kappa shape index (κ1) is 41.8. The number of carbonyl (C=O) groups excluding carboxylic acids is 6. The first-order chi connectivity index (χ1) is 23.1. The molecule has 4 atom stereocenters. The fourth-order valence-electron chi connectivity index (χ4n) is 3.64. The van der Waals surface area contributed by atoms with Gasteiger partial charge in [0.15, 0.2) is 0 Å². The van der Waals surface area contributed by atoms with E-state index in [2.05, 4.69) is 58.0 Å². The summed E-state index contributed by atoms with van der Waals surface area (Å²) in [5.74, 6) is -1.31. The summed E-state index contributed by atoms with van der Waals surface area (Å²) in [6, 6.07) is 10.4. The number of ether oxygens (including phenoxy) is 2. The number of rotatable bonds is 22. The number of esters is 2. The van der Waals surface area contributed by atoms with E-state index >= 15 is 0 Å². The standard InChI is InChI=1S/C30H38N4O8S6/c1-3-41-28(38)24(16-46-34-23(15-44)30(40)45)31-26(36)20-9-5-18(6-10-20)19-7-11-21(12-8-19)27(37)32-25(29(39)42-4-2)17-47-48-33-22(13-35)14-43/h5-13,22-25,33-34,43-44H,3-4,14-17H2,1-2H3,(H,31,36)(H,32,37)(H,40,45)/t22-,23+,24?,25?/m1/s1. The normalized spacial score (nSPS) is 13.4. The van der Waals surface area contributed by atoms with Gasteiger partial charge in [0, 0.05) is 34.1 Å². The van der Waals surface area contributed by atoms with Crippen molar-refractivity contribution in [3.05, 3.63) is 59.7 Å². The zero-order valence-corrected chi connectivity index (χ0v) is 31.2. The minimum absolute atomic E-state index is 0.0989. The number of nitrogens with one attached hydrogen (secondary N) is 4. The molecule has 0 aliphatic rings. The largest absolute Gasteiger partial charge is 0.464 e. The van der Waals surface area contributed by atoms with Crippen LogP contribution in [0.5, 0.6) is 0 Å². The van der Waals surface area contributed by atoms with Crippen molar-refractivity contribution >= 4 is 107 Å². The predicted octanol–water partition coefficient (Wildman–Crippen LogP) is 3.05. The van der Waals surface area contributed by atoms with Gasteiger partial charge in [-0.25, -0.2) is 14.3 Å². The molecule has 2 rings (SSSR count). The lowest BCUT2D eigenvalue weighted by Gasteiger charge is -2.19. The Morgan fingerprint density at radius 3 is 1.60 bits per heavy atom. The van der Waals surface area contributed by atoms with Gasteiger partial charge < -0.3 is 24.9 Å². The molecule has 18 heteroatoms. The molecule has 0 heterocycles. The second kappa shape index (κ2) is 23.2. The molecular formula is C30H38N4O8S6. The SMILES string of the molecule is CCOC(=O)C(CSN[C@@H](CS)C(=O)S)NC(=O)c1ccc(-c2ccc(C(=O)NC(CSSN[C@H](C=O)CS)C(=O)OCC)cc2)cc1. The van der Waals surface area contributed by atoms with Gasteiger partial charge in [-0.3, -0.25) is 19.1 Å². The van der Waals surface area contributed by atoms with Crippen LogP contribution in [0.2, 0.25) is 0 Å². The molecular weight excluding hydrogens is 737 g/mol. The maximum absolute atomic E-state index is 13.0. The van der Waals surface area contributed by atoms with Crippen molar-refractivity contribution in [1.82, 2.24) is 20.1 Å². The molecule has 0 fully saturated rings. The summed E-state index contributed by atoms with van der Waals surface area (Å²) < 4.78 is 16.0. The van der Waals surface area contributed by atoms with Crippen LogP contribution in [0.25, 0.3) is 11.1 Å². The zero-order valence-electron chi connectivity index (χ0n) is 26.1. The Morgan fingerprint density at radius 2 is 1.21 bits per heavy atom. The van der Waals surface area contributed by atoms with Gasteiger partial charge in [-0.1, -0.05) is 47.0 Å². The summed E-state index contributed by atoms with van der Waals surface area (Å²) in [5, 5.41) is 4.98. The first-order valence-electron chi connectivity index (χ1n) is 14.5. The van der Waals surface area contributed by atoms with Gasteiger partial charge in [0.1, 0.15) is 18.4 Å². The summed E-state index contributed by atoms with van der Waals surface area (Å²) in [6.07, 6.45) is 0.737. The molecule has 2 aromatic carbocycles. The smallest absolute Gasteiger partial charge is 0.329 e. The molecule has 0 saturated carbocycles. The van der Waals surface area contributed by atoms with Crippen molar-refractivity contribution in [1.29, 1.82) is 0 Å². The molecule has 0 spiro atoms. The van der Waals surface area contributed by atoms with Crippen LogP contribution in [-0.4, -0.2) is 95.5 Å². The third kappa shape index (κ3) is 14.3. The van der Waals surface area contributed by atoms with Gasteiger partial charge in [-0.2, -0.15) is 25.3 Å². The van der Waals surface area contributed by atoms with Gasteiger partial charge in [0.25, 0.3) is 11.8 Å². The van der Waals surface area contributed by atoms with Crippen LogP contribution in [0.4, 0.5) is 0 Å². The summed E-state index contributed by atoms with van der Waals surface area (Å²) >= 11 is 13.1. The molecule has 12 nitrogen and oxygen atoms in total. The summed E-state index contributed by atoms with van der Waals surface area (Å²) in [5.41, 5.74) is 2.18. The van der Waals surface area contributed by atoms with Gasteiger partial charge in [0.05, 0.1) is 25.3 Å². The predicted molar refractivity (Wildman–Crippen MR) is 202 cm³/mol. The third-order valence-corrected chi connectivity index (χ3v) is 10.2.